The number of carbonyl (C=O) groups is 1. The third kappa shape index (κ3) is 2.63. The monoisotopic (exact) mass is 341 g/mol. The van der Waals surface area contributed by atoms with Gasteiger partial charge in [-0.05, 0) is 31.0 Å². The van der Waals surface area contributed by atoms with Crippen molar-refractivity contribution in [1.29, 1.82) is 0 Å². The van der Waals surface area contributed by atoms with Gasteiger partial charge < -0.3 is 4.57 Å². The zero-order chi connectivity index (χ0) is 17.4. The number of hydrogen-bond acceptors (Lipinski definition) is 4. The quantitative estimate of drug-likeness (QED) is 0.528. The van der Waals surface area contributed by atoms with Crippen LogP contribution in [-0.4, -0.2) is 15.4 Å². The fourth-order valence-corrected chi connectivity index (χ4v) is 3.79. The molecule has 6 nitrogen and oxygen atoms in total. The van der Waals surface area contributed by atoms with Crippen molar-refractivity contribution in [2.75, 3.05) is 0 Å². The number of fused-ring (bicyclic) bond motifs is 1. The first-order chi connectivity index (χ1) is 11.4. The molecule has 0 unspecified atom stereocenters. The van der Waals surface area contributed by atoms with Gasteiger partial charge in [-0.25, -0.2) is 0 Å². The number of thiazole rings is 1. The Morgan fingerprint density at radius 2 is 1.83 bits per heavy atom. The number of hydrogen-bond donors (Lipinski definition) is 0. The smallest absolute Gasteiger partial charge is 0.286 e. The predicted molar refractivity (Wildman–Crippen MR) is 93.3 cm³/mol. The van der Waals surface area contributed by atoms with Crippen LogP contribution in [0.4, 0.5) is 5.69 Å². The maximum atomic E-state index is 12.5. The van der Waals surface area contributed by atoms with E-state index in [0.29, 0.717) is 4.80 Å². The van der Waals surface area contributed by atoms with Crippen LogP contribution in [0.25, 0.3) is 10.2 Å². The summed E-state index contributed by atoms with van der Waals surface area (Å²) in [4.78, 5) is 27.6. The lowest BCUT2D eigenvalue weighted by Crippen LogP contribution is -2.14. The highest BCUT2D eigenvalue weighted by Crippen LogP contribution is 2.24. The van der Waals surface area contributed by atoms with Crippen LogP contribution in [0.1, 0.15) is 21.5 Å². The van der Waals surface area contributed by atoms with E-state index in [9.17, 15) is 14.9 Å². The molecule has 0 saturated heterocycles. The fourth-order valence-electron chi connectivity index (χ4n) is 2.63. The molecular formula is C17H15N3O3S. The number of aromatic nitrogens is 1. The minimum absolute atomic E-state index is 0.00611. The van der Waals surface area contributed by atoms with Crippen molar-refractivity contribution < 1.29 is 9.72 Å². The highest BCUT2D eigenvalue weighted by atomic mass is 32.1. The summed E-state index contributed by atoms with van der Waals surface area (Å²) in [6.07, 6.45) is 0. The van der Waals surface area contributed by atoms with Crippen molar-refractivity contribution >= 4 is 33.1 Å². The molecule has 24 heavy (non-hydrogen) atoms. The molecule has 0 bridgehead atoms. The summed E-state index contributed by atoms with van der Waals surface area (Å²) in [5.41, 5.74) is 2.98. The van der Waals surface area contributed by atoms with Gasteiger partial charge in [0.05, 0.1) is 15.1 Å². The Balaban J connectivity index is 2.20. The summed E-state index contributed by atoms with van der Waals surface area (Å²) in [6, 6.07) is 9.91. The molecule has 1 amide bonds. The third-order valence-corrected chi connectivity index (χ3v) is 5.14. The number of rotatable bonds is 2. The summed E-state index contributed by atoms with van der Waals surface area (Å²) in [6.45, 7) is 4.01. The molecule has 122 valence electrons. The van der Waals surface area contributed by atoms with Crippen molar-refractivity contribution in [3.05, 3.63) is 68.0 Å². The average Bonchev–Trinajstić information content (AvgIpc) is 2.89. The fraction of sp³-hybridized carbons (Fsp3) is 0.176. The van der Waals surface area contributed by atoms with Crippen LogP contribution in [0.5, 0.6) is 0 Å². The Morgan fingerprint density at radius 3 is 2.50 bits per heavy atom. The highest BCUT2D eigenvalue weighted by Gasteiger charge is 2.19. The maximum absolute atomic E-state index is 12.5. The first kappa shape index (κ1) is 16.1. The van der Waals surface area contributed by atoms with Crippen molar-refractivity contribution in [2.45, 2.75) is 13.8 Å². The van der Waals surface area contributed by atoms with Gasteiger partial charge in [-0.3, -0.25) is 14.9 Å². The second-order valence-corrected chi connectivity index (χ2v) is 6.49. The van der Waals surface area contributed by atoms with Crippen LogP contribution < -0.4 is 4.80 Å². The van der Waals surface area contributed by atoms with Crippen LogP contribution in [0, 0.1) is 24.0 Å². The van der Waals surface area contributed by atoms with Crippen LogP contribution in [-0.2, 0) is 7.05 Å². The van der Waals surface area contributed by atoms with Gasteiger partial charge in [0.25, 0.3) is 11.6 Å². The summed E-state index contributed by atoms with van der Waals surface area (Å²) >= 11 is 1.41. The van der Waals surface area contributed by atoms with E-state index in [1.165, 1.54) is 29.5 Å². The van der Waals surface area contributed by atoms with Gasteiger partial charge >= 0.3 is 0 Å². The molecule has 0 atom stereocenters. The SMILES string of the molecule is Cc1ccc(C)c2c1sc(=NC(=O)c1ccccc1[N+](=O)[O-])n2C. The molecule has 0 radical (unpaired) electrons. The van der Waals surface area contributed by atoms with Crippen molar-refractivity contribution in [1.82, 2.24) is 4.57 Å². The first-order valence-electron chi connectivity index (χ1n) is 7.28. The van der Waals surface area contributed by atoms with Crippen molar-refractivity contribution in [3.8, 4) is 0 Å². The number of carbonyl (C=O) groups excluding carboxylic acids is 1. The van der Waals surface area contributed by atoms with Crippen molar-refractivity contribution in [2.24, 2.45) is 12.0 Å². The molecule has 0 aliphatic rings. The Kier molecular flexibility index (Phi) is 4.02. The molecule has 0 N–H and O–H groups in total. The molecule has 7 heteroatoms. The summed E-state index contributed by atoms with van der Waals surface area (Å²) in [5.74, 6) is -0.611. The van der Waals surface area contributed by atoms with Crippen LogP contribution in [0.15, 0.2) is 41.4 Å². The van der Waals surface area contributed by atoms with E-state index in [2.05, 4.69) is 4.99 Å². The van der Waals surface area contributed by atoms with Crippen LogP contribution >= 0.6 is 11.3 Å². The molecule has 3 rings (SSSR count). The van der Waals surface area contributed by atoms with E-state index in [1.54, 1.807) is 6.07 Å². The largest absolute Gasteiger partial charge is 0.319 e. The molecule has 2 aromatic carbocycles. The minimum atomic E-state index is -0.611. The standard InChI is InChI=1S/C17H15N3O3S/c1-10-8-9-11(2)15-14(10)19(3)17(24-15)18-16(21)12-6-4-5-7-13(12)20(22)23/h4-9H,1-3H3. The number of benzene rings is 2. The van der Waals surface area contributed by atoms with Crippen molar-refractivity contribution in [3.63, 3.8) is 0 Å². The average molecular weight is 341 g/mol. The summed E-state index contributed by atoms with van der Waals surface area (Å²) < 4.78 is 2.92. The Labute approximate surface area is 141 Å². The first-order valence-corrected chi connectivity index (χ1v) is 8.10. The highest BCUT2D eigenvalue weighted by molar-refractivity contribution is 7.16. The lowest BCUT2D eigenvalue weighted by molar-refractivity contribution is -0.385. The van der Waals surface area contributed by atoms with Gasteiger partial charge in [-0.2, -0.15) is 4.99 Å². The molecular weight excluding hydrogens is 326 g/mol. The molecule has 1 aromatic heterocycles. The summed E-state index contributed by atoms with van der Waals surface area (Å²) in [5, 5.41) is 11.1. The Bertz CT molecular complexity index is 1050. The number of nitro benzene ring substituents is 1. The number of nitrogens with zero attached hydrogens (tertiary/aromatic N) is 3. The van der Waals surface area contributed by atoms with Gasteiger partial charge in [0.15, 0.2) is 4.80 Å². The molecule has 1 heterocycles. The normalized spacial score (nSPS) is 11.9. The lowest BCUT2D eigenvalue weighted by atomic mass is 10.1. The third-order valence-electron chi connectivity index (χ3n) is 3.87. The van der Waals surface area contributed by atoms with E-state index < -0.39 is 10.8 Å². The Morgan fingerprint density at radius 1 is 1.17 bits per heavy atom. The molecule has 0 aliphatic heterocycles. The van der Waals surface area contributed by atoms with Crippen LogP contribution in [0.3, 0.4) is 0 Å². The minimum Gasteiger partial charge on any atom is -0.319 e. The second-order valence-electron chi connectivity index (χ2n) is 5.51. The van der Waals surface area contributed by atoms with E-state index >= 15 is 0 Å². The van der Waals surface area contributed by atoms with Gasteiger partial charge in [0, 0.05) is 13.1 Å². The van der Waals surface area contributed by atoms with E-state index in [0.717, 1.165) is 21.3 Å². The molecule has 0 aliphatic carbocycles. The number of para-hydroxylation sites is 1. The summed E-state index contributed by atoms with van der Waals surface area (Å²) in [7, 11) is 1.84. The predicted octanol–water partition coefficient (Wildman–Crippen LogP) is 3.51. The van der Waals surface area contributed by atoms with E-state index in [-0.39, 0.29) is 11.3 Å². The van der Waals surface area contributed by atoms with E-state index in [1.807, 2.05) is 37.6 Å². The number of aryl methyl sites for hydroxylation is 3. The molecule has 3 aromatic rings. The molecule has 0 fully saturated rings. The second kappa shape index (κ2) is 6.01. The topological polar surface area (TPSA) is 77.5 Å². The number of amides is 1. The molecule has 0 spiro atoms. The van der Waals surface area contributed by atoms with Gasteiger partial charge in [0.2, 0.25) is 0 Å². The number of nitro groups is 1. The van der Waals surface area contributed by atoms with E-state index in [4.69, 9.17) is 0 Å². The van der Waals surface area contributed by atoms with Crippen LogP contribution in [0.2, 0.25) is 0 Å². The maximum Gasteiger partial charge on any atom is 0.286 e. The Hall–Kier alpha value is -2.80. The zero-order valence-corrected chi connectivity index (χ0v) is 14.3. The van der Waals surface area contributed by atoms with Gasteiger partial charge in [-0.15, -0.1) is 0 Å². The molecule has 0 saturated carbocycles. The zero-order valence-electron chi connectivity index (χ0n) is 13.4. The van der Waals surface area contributed by atoms with Gasteiger partial charge in [0.1, 0.15) is 5.56 Å². The lowest BCUT2D eigenvalue weighted by Gasteiger charge is -2.01. The van der Waals surface area contributed by atoms with Gasteiger partial charge in [-0.1, -0.05) is 35.6 Å².